The summed E-state index contributed by atoms with van der Waals surface area (Å²) in [6, 6.07) is 0.955. The van der Waals surface area contributed by atoms with Gasteiger partial charge in [0.1, 0.15) is 0 Å². The predicted molar refractivity (Wildman–Crippen MR) is 116 cm³/mol. The third kappa shape index (κ3) is 7.82. The van der Waals surface area contributed by atoms with Crippen LogP contribution in [0.5, 0.6) is 0 Å². The van der Waals surface area contributed by atoms with E-state index in [1.165, 1.54) is 12.3 Å². The van der Waals surface area contributed by atoms with E-state index in [4.69, 9.17) is 11.6 Å². The lowest BCUT2D eigenvalue weighted by molar-refractivity contribution is 0.259. The molecule has 2 atom stereocenters. The lowest BCUT2D eigenvalue weighted by Crippen LogP contribution is -2.27. The molecule has 0 saturated heterocycles. The second-order valence-electron chi connectivity index (χ2n) is 7.09. The van der Waals surface area contributed by atoms with Crippen molar-refractivity contribution in [3.05, 3.63) is 28.8 Å². The van der Waals surface area contributed by atoms with Gasteiger partial charge in [-0.15, -0.1) is 0 Å². The zero-order chi connectivity index (χ0) is 22.5. The van der Waals surface area contributed by atoms with Crippen molar-refractivity contribution in [3.8, 4) is 0 Å². The number of anilines is 2. The van der Waals surface area contributed by atoms with Gasteiger partial charge in [-0.1, -0.05) is 37.2 Å². The number of pyridine rings is 1. The summed E-state index contributed by atoms with van der Waals surface area (Å²) in [6.45, 7) is 5.67. The second-order valence-corrected chi connectivity index (χ2v) is 10.5. The van der Waals surface area contributed by atoms with E-state index in [-0.39, 0.29) is 40.1 Å². The SMILES string of the molecule is CC(C)C[C@H](CO)Nc1nc(NS(C)(=O)=O)nc(S[C@H](C)c2cnc(Cl)c(F)c2)n1. The normalized spacial score (nSPS) is 13.9. The topological polar surface area (TPSA) is 130 Å². The van der Waals surface area contributed by atoms with Crippen LogP contribution in [0, 0.1) is 11.7 Å². The van der Waals surface area contributed by atoms with Crippen LogP contribution in [-0.4, -0.2) is 52.4 Å². The Hall–Kier alpha value is -1.76. The smallest absolute Gasteiger partial charge is 0.242 e. The number of thioether (sulfide) groups is 1. The first kappa shape index (κ1) is 24.5. The molecule has 30 heavy (non-hydrogen) atoms. The fraction of sp³-hybridized carbons (Fsp3) is 0.529. The Morgan fingerprint density at radius 1 is 1.23 bits per heavy atom. The summed E-state index contributed by atoms with van der Waals surface area (Å²) < 4.78 is 39.2. The number of aromatic nitrogens is 4. The van der Waals surface area contributed by atoms with Crippen molar-refractivity contribution in [1.29, 1.82) is 0 Å². The fourth-order valence-corrected chi connectivity index (χ4v) is 3.89. The van der Waals surface area contributed by atoms with E-state index < -0.39 is 15.8 Å². The summed E-state index contributed by atoms with van der Waals surface area (Å²) in [4.78, 5) is 16.3. The number of hydrogen-bond acceptors (Lipinski definition) is 9. The molecule has 0 aliphatic heterocycles. The van der Waals surface area contributed by atoms with Gasteiger partial charge in [-0.25, -0.2) is 17.8 Å². The molecule has 0 radical (unpaired) electrons. The zero-order valence-electron chi connectivity index (χ0n) is 16.9. The van der Waals surface area contributed by atoms with Crippen molar-refractivity contribution < 1.29 is 17.9 Å². The first-order chi connectivity index (χ1) is 14.0. The monoisotopic (exact) mass is 478 g/mol. The van der Waals surface area contributed by atoms with Crippen LogP contribution >= 0.6 is 23.4 Å². The molecule has 0 aliphatic carbocycles. The van der Waals surface area contributed by atoms with Crippen molar-refractivity contribution in [2.45, 2.75) is 43.6 Å². The maximum absolute atomic E-state index is 13.7. The van der Waals surface area contributed by atoms with Crippen LogP contribution in [0.25, 0.3) is 0 Å². The number of nitrogens with one attached hydrogen (secondary N) is 2. The van der Waals surface area contributed by atoms with Crippen LogP contribution in [-0.2, 0) is 10.0 Å². The van der Waals surface area contributed by atoms with E-state index >= 15 is 0 Å². The zero-order valence-corrected chi connectivity index (χ0v) is 19.3. The highest BCUT2D eigenvalue weighted by Gasteiger charge is 2.18. The summed E-state index contributed by atoms with van der Waals surface area (Å²) in [5, 5.41) is 12.3. The Bertz CT molecular complexity index is 980. The van der Waals surface area contributed by atoms with Crippen LogP contribution in [0.2, 0.25) is 5.15 Å². The van der Waals surface area contributed by atoms with Crippen LogP contribution in [0.3, 0.4) is 0 Å². The molecule has 2 heterocycles. The molecule has 3 N–H and O–H groups in total. The molecule has 0 spiro atoms. The van der Waals surface area contributed by atoms with Gasteiger partial charge in [-0.2, -0.15) is 15.0 Å². The molecule has 0 bridgehead atoms. The Morgan fingerprint density at radius 3 is 2.47 bits per heavy atom. The summed E-state index contributed by atoms with van der Waals surface area (Å²) in [7, 11) is -3.62. The third-order valence-corrected chi connectivity index (χ3v) is 5.62. The second kappa shape index (κ2) is 10.5. The van der Waals surface area contributed by atoms with Gasteiger partial charge < -0.3 is 10.4 Å². The average molecular weight is 479 g/mol. The Kier molecular flexibility index (Phi) is 8.59. The summed E-state index contributed by atoms with van der Waals surface area (Å²) in [6.07, 6.45) is 3.09. The molecule has 2 aromatic heterocycles. The van der Waals surface area contributed by atoms with Crippen molar-refractivity contribution in [3.63, 3.8) is 0 Å². The molecule has 0 fully saturated rings. The van der Waals surface area contributed by atoms with Gasteiger partial charge in [0, 0.05) is 11.4 Å². The lowest BCUT2D eigenvalue weighted by atomic mass is 10.0. The van der Waals surface area contributed by atoms with Crippen molar-refractivity contribution in [2.75, 3.05) is 22.9 Å². The quantitative estimate of drug-likeness (QED) is 0.348. The number of aliphatic hydroxyl groups excluding tert-OH is 1. The molecule has 2 aromatic rings. The van der Waals surface area contributed by atoms with E-state index in [0.29, 0.717) is 17.9 Å². The number of halogens is 2. The third-order valence-electron chi connectivity index (χ3n) is 3.77. The molecule has 0 unspecified atom stereocenters. The van der Waals surface area contributed by atoms with E-state index in [0.717, 1.165) is 18.0 Å². The minimum absolute atomic E-state index is 0.117. The van der Waals surface area contributed by atoms with Gasteiger partial charge in [-0.3, -0.25) is 4.72 Å². The molecular formula is C17H24ClFN6O3S2. The first-order valence-corrected chi connectivity index (χ1v) is 12.2. The first-order valence-electron chi connectivity index (χ1n) is 9.05. The minimum Gasteiger partial charge on any atom is -0.394 e. The largest absolute Gasteiger partial charge is 0.394 e. The predicted octanol–water partition coefficient (Wildman–Crippen LogP) is 3.10. The van der Waals surface area contributed by atoms with Gasteiger partial charge in [0.2, 0.25) is 21.9 Å². The molecule has 0 saturated carbocycles. The Labute approximate surface area is 184 Å². The van der Waals surface area contributed by atoms with Crippen LogP contribution in [0.4, 0.5) is 16.3 Å². The van der Waals surface area contributed by atoms with Crippen molar-refractivity contribution >= 4 is 45.3 Å². The molecule has 9 nitrogen and oxygen atoms in total. The highest BCUT2D eigenvalue weighted by molar-refractivity contribution is 7.99. The van der Waals surface area contributed by atoms with Gasteiger partial charge in [-0.05, 0) is 30.9 Å². The highest BCUT2D eigenvalue weighted by Crippen LogP contribution is 2.34. The lowest BCUT2D eigenvalue weighted by Gasteiger charge is -2.19. The average Bonchev–Trinajstić information content (AvgIpc) is 2.61. The number of hydrogen-bond donors (Lipinski definition) is 3. The Morgan fingerprint density at radius 2 is 1.90 bits per heavy atom. The van der Waals surface area contributed by atoms with Crippen LogP contribution in [0.15, 0.2) is 17.4 Å². The molecule has 0 aromatic carbocycles. The van der Waals surface area contributed by atoms with E-state index in [1.807, 2.05) is 13.8 Å². The van der Waals surface area contributed by atoms with Crippen molar-refractivity contribution in [2.24, 2.45) is 5.92 Å². The standard InChI is InChI=1S/C17H24ClFN6O3S2/c1-9(2)5-12(8-26)21-15-22-16(25-30(4,27)28)24-17(23-15)29-10(3)11-6-13(19)14(18)20-7-11/h6-7,9-10,12,26H,5,8H2,1-4H3,(H2,21,22,23,24,25)/t10-,12-/m1/s1. The molecular weight excluding hydrogens is 455 g/mol. The Balaban J connectivity index is 2.31. The summed E-state index contributed by atoms with van der Waals surface area (Å²) in [5.74, 6) is -0.373. The molecule has 166 valence electrons. The molecule has 0 amide bonds. The molecule has 13 heteroatoms. The van der Waals surface area contributed by atoms with E-state index in [1.54, 1.807) is 6.92 Å². The molecule has 0 aliphatic rings. The molecule has 2 rings (SSSR count). The van der Waals surface area contributed by atoms with E-state index in [9.17, 15) is 17.9 Å². The van der Waals surface area contributed by atoms with Crippen LogP contribution in [0.1, 0.15) is 38.0 Å². The van der Waals surface area contributed by atoms with Gasteiger partial charge in [0.25, 0.3) is 0 Å². The van der Waals surface area contributed by atoms with Crippen molar-refractivity contribution in [1.82, 2.24) is 19.9 Å². The maximum atomic E-state index is 13.7. The summed E-state index contributed by atoms with van der Waals surface area (Å²) in [5.41, 5.74) is 0.558. The number of sulfonamides is 1. The van der Waals surface area contributed by atoms with Crippen LogP contribution < -0.4 is 10.0 Å². The fourth-order valence-electron chi connectivity index (χ4n) is 2.50. The minimum atomic E-state index is -3.62. The van der Waals surface area contributed by atoms with Gasteiger partial charge in [0.05, 0.1) is 18.9 Å². The summed E-state index contributed by atoms with van der Waals surface area (Å²) >= 11 is 6.79. The van der Waals surface area contributed by atoms with E-state index in [2.05, 4.69) is 30.0 Å². The van der Waals surface area contributed by atoms with Gasteiger partial charge >= 0.3 is 0 Å². The highest BCUT2D eigenvalue weighted by atomic mass is 35.5. The number of nitrogens with zero attached hydrogens (tertiary/aromatic N) is 4. The maximum Gasteiger partial charge on any atom is 0.242 e. The van der Waals surface area contributed by atoms with Gasteiger partial charge in [0.15, 0.2) is 16.1 Å². The number of aliphatic hydroxyl groups is 1. The number of rotatable bonds is 10.